The van der Waals surface area contributed by atoms with Gasteiger partial charge in [0.25, 0.3) is 5.22 Å². The minimum atomic E-state index is -2.94. The zero-order valence-electron chi connectivity index (χ0n) is 17.9. The Morgan fingerprint density at radius 1 is 1.28 bits per heavy atom. The van der Waals surface area contributed by atoms with Crippen molar-refractivity contribution in [2.45, 2.75) is 38.5 Å². The van der Waals surface area contributed by atoms with Gasteiger partial charge in [-0.2, -0.15) is 0 Å². The highest BCUT2D eigenvalue weighted by atomic mass is 35.5. The quantitative estimate of drug-likeness (QED) is 0.343. The number of carbonyl (C=O) groups is 1. The minimum absolute atomic E-state index is 0.0171. The number of sulfone groups is 1. The van der Waals surface area contributed by atoms with E-state index in [0.717, 1.165) is 17.0 Å². The molecule has 0 bridgehead atoms. The number of Topliss-reactive ketones (excluding diaryl/α,β-unsaturated/α-hetero) is 1. The average Bonchev–Trinajstić information content (AvgIpc) is 3.41. The maximum atomic E-state index is 12.9. The van der Waals surface area contributed by atoms with E-state index in [9.17, 15) is 13.2 Å². The van der Waals surface area contributed by atoms with E-state index in [4.69, 9.17) is 16.0 Å². The summed E-state index contributed by atoms with van der Waals surface area (Å²) in [6.07, 6.45) is 1.07. The summed E-state index contributed by atoms with van der Waals surface area (Å²) in [6, 6.07) is 9.58. The number of aromatic nitrogens is 3. The normalized spacial score (nSPS) is 17.7. The molecular weight excluding hydrogens is 470 g/mol. The Balaban J connectivity index is 1.38. The molecule has 3 heterocycles. The summed E-state index contributed by atoms with van der Waals surface area (Å²) in [4.78, 5) is 12.9. The van der Waals surface area contributed by atoms with Crippen LogP contribution in [0.2, 0.25) is 5.02 Å². The predicted octanol–water partition coefficient (Wildman–Crippen LogP) is 4.14. The van der Waals surface area contributed by atoms with Crippen LogP contribution in [0.1, 0.15) is 39.6 Å². The Hall–Kier alpha value is -2.10. The molecule has 0 aliphatic carbocycles. The molecule has 0 amide bonds. The van der Waals surface area contributed by atoms with E-state index in [-0.39, 0.29) is 29.0 Å². The molecule has 1 fully saturated rings. The van der Waals surface area contributed by atoms with Crippen molar-refractivity contribution in [3.63, 3.8) is 0 Å². The molecule has 0 spiro atoms. The van der Waals surface area contributed by atoms with Crippen molar-refractivity contribution in [1.29, 1.82) is 0 Å². The van der Waals surface area contributed by atoms with Gasteiger partial charge < -0.3 is 8.98 Å². The van der Waals surface area contributed by atoms with Gasteiger partial charge in [-0.3, -0.25) is 4.79 Å². The van der Waals surface area contributed by atoms with Gasteiger partial charge in [0.2, 0.25) is 5.89 Å². The van der Waals surface area contributed by atoms with Gasteiger partial charge in [0.15, 0.2) is 15.6 Å². The van der Waals surface area contributed by atoms with Crippen molar-refractivity contribution in [3.05, 3.63) is 63.8 Å². The Morgan fingerprint density at radius 2 is 2.06 bits per heavy atom. The van der Waals surface area contributed by atoms with Crippen LogP contribution in [0, 0.1) is 19.8 Å². The topological polar surface area (TPSA) is 95.1 Å². The molecule has 1 aliphatic heterocycles. The Kier molecular flexibility index (Phi) is 6.78. The van der Waals surface area contributed by atoms with Crippen LogP contribution in [-0.4, -0.2) is 46.2 Å². The van der Waals surface area contributed by atoms with Crippen molar-refractivity contribution in [1.82, 2.24) is 14.8 Å². The summed E-state index contributed by atoms with van der Waals surface area (Å²) in [5.74, 6) is 0.978. The number of nitrogens with zero attached hydrogens (tertiary/aromatic N) is 3. The zero-order chi connectivity index (χ0) is 22.9. The summed E-state index contributed by atoms with van der Waals surface area (Å²) < 4.78 is 30.9. The largest absolute Gasteiger partial charge is 0.416 e. The number of aryl methyl sites for hydroxylation is 1. The van der Waals surface area contributed by atoms with Gasteiger partial charge >= 0.3 is 0 Å². The minimum Gasteiger partial charge on any atom is -0.416 e. The summed E-state index contributed by atoms with van der Waals surface area (Å²) in [5.41, 5.74) is 3.54. The van der Waals surface area contributed by atoms with Crippen molar-refractivity contribution in [2.75, 3.05) is 17.3 Å². The van der Waals surface area contributed by atoms with Gasteiger partial charge in [0.05, 0.1) is 17.3 Å². The first-order valence-electron chi connectivity index (χ1n) is 10.3. The fraction of sp³-hybridized carbons (Fsp3) is 0.409. The lowest BCUT2D eigenvalue weighted by molar-refractivity contribution is 0.102. The number of thioether (sulfide) groups is 1. The summed E-state index contributed by atoms with van der Waals surface area (Å²) >= 11 is 7.49. The van der Waals surface area contributed by atoms with Crippen molar-refractivity contribution in [3.8, 4) is 0 Å². The lowest BCUT2D eigenvalue weighted by Gasteiger charge is -2.11. The first kappa shape index (κ1) is 23.1. The monoisotopic (exact) mass is 493 g/mol. The third-order valence-electron chi connectivity index (χ3n) is 5.73. The highest BCUT2D eigenvalue weighted by molar-refractivity contribution is 7.99. The van der Waals surface area contributed by atoms with Crippen LogP contribution < -0.4 is 0 Å². The number of halogens is 1. The first-order chi connectivity index (χ1) is 15.2. The Bertz CT molecular complexity index is 1250. The molecule has 0 radical (unpaired) electrons. The van der Waals surface area contributed by atoms with E-state index in [1.165, 1.54) is 11.8 Å². The number of hydrogen-bond acceptors (Lipinski definition) is 7. The number of hydrogen-bond donors (Lipinski definition) is 0. The number of rotatable bonds is 8. The lowest BCUT2D eigenvalue weighted by Crippen LogP contribution is -2.08. The molecule has 0 saturated carbocycles. The molecule has 1 saturated heterocycles. The smallest absolute Gasteiger partial charge is 0.277 e. The zero-order valence-corrected chi connectivity index (χ0v) is 20.3. The van der Waals surface area contributed by atoms with E-state index >= 15 is 0 Å². The van der Waals surface area contributed by atoms with E-state index < -0.39 is 9.84 Å². The van der Waals surface area contributed by atoms with Crippen LogP contribution in [-0.2, 0) is 22.8 Å². The van der Waals surface area contributed by atoms with Gasteiger partial charge in [-0.1, -0.05) is 41.6 Å². The van der Waals surface area contributed by atoms with Crippen molar-refractivity contribution < 1.29 is 17.6 Å². The molecule has 1 aromatic carbocycles. The molecule has 2 aromatic heterocycles. The fourth-order valence-electron chi connectivity index (χ4n) is 3.99. The second kappa shape index (κ2) is 9.41. The van der Waals surface area contributed by atoms with E-state index in [2.05, 4.69) is 14.8 Å². The molecular formula is C22H24ClN3O4S2. The highest BCUT2D eigenvalue weighted by Crippen LogP contribution is 2.26. The first-order valence-corrected chi connectivity index (χ1v) is 13.5. The molecule has 4 rings (SSSR count). The van der Waals surface area contributed by atoms with Gasteiger partial charge in [-0.25, -0.2) is 8.42 Å². The second-order valence-electron chi connectivity index (χ2n) is 8.11. The fourth-order valence-corrected chi connectivity index (χ4v) is 6.71. The number of ketones is 1. The molecule has 1 atom stereocenters. The van der Waals surface area contributed by atoms with Gasteiger partial charge in [-0.15, -0.1) is 10.2 Å². The Labute approximate surface area is 196 Å². The maximum Gasteiger partial charge on any atom is 0.277 e. The van der Waals surface area contributed by atoms with Crippen LogP contribution in [0.4, 0.5) is 0 Å². The third-order valence-corrected chi connectivity index (χ3v) is 8.75. The summed E-state index contributed by atoms with van der Waals surface area (Å²) in [5, 5.41) is 9.02. The SMILES string of the molecule is Cc1cc(C(=O)CSc2nnc(C[C@H]3CCS(=O)(=O)C3)o2)c(C)n1Cc1ccccc1Cl. The Morgan fingerprint density at radius 3 is 2.78 bits per heavy atom. The molecule has 10 heteroatoms. The van der Waals surface area contributed by atoms with Crippen molar-refractivity contribution >= 4 is 39.0 Å². The molecule has 3 aromatic rings. The molecule has 1 aliphatic rings. The predicted molar refractivity (Wildman–Crippen MR) is 124 cm³/mol. The van der Waals surface area contributed by atoms with Crippen LogP contribution >= 0.6 is 23.4 Å². The van der Waals surface area contributed by atoms with Crippen LogP contribution in [0.3, 0.4) is 0 Å². The average molecular weight is 494 g/mol. The van der Waals surface area contributed by atoms with Crippen LogP contribution in [0.5, 0.6) is 0 Å². The second-order valence-corrected chi connectivity index (χ2v) is 11.7. The third kappa shape index (κ3) is 5.27. The maximum absolute atomic E-state index is 12.9. The number of carbonyl (C=O) groups excluding carboxylic acids is 1. The van der Waals surface area contributed by atoms with E-state index in [1.807, 2.05) is 44.2 Å². The van der Waals surface area contributed by atoms with Crippen LogP contribution in [0.15, 0.2) is 40.0 Å². The molecule has 0 N–H and O–H groups in total. The molecule has 0 unspecified atom stereocenters. The molecule has 7 nitrogen and oxygen atoms in total. The van der Waals surface area contributed by atoms with Crippen LogP contribution in [0.25, 0.3) is 0 Å². The lowest BCUT2D eigenvalue weighted by atomic mass is 10.1. The van der Waals surface area contributed by atoms with E-state index in [1.54, 1.807) is 0 Å². The van der Waals surface area contributed by atoms with E-state index in [0.29, 0.717) is 41.1 Å². The summed E-state index contributed by atoms with van der Waals surface area (Å²) in [6.45, 7) is 4.51. The van der Waals surface area contributed by atoms with Gasteiger partial charge in [0.1, 0.15) is 0 Å². The molecule has 32 heavy (non-hydrogen) atoms. The summed E-state index contributed by atoms with van der Waals surface area (Å²) in [7, 11) is -2.94. The van der Waals surface area contributed by atoms with Crippen molar-refractivity contribution in [2.24, 2.45) is 5.92 Å². The van der Waals surface area contributed by atoms with Gasteiger partial charge in [-0.05, 0) is 43.9 Å². The molecule has 170 valence electrons. The van der Waals surface area contributed by atoms with Gasteiger partial charge in [0, 0.05) is 34.9 Å². The highest BCUT2D eigenvalue weighted by Gasteiger charge is 2.29. The number of benzene rings is 1. The standard InChI is InChI=1S/C22H24ClN3O4S2/c1-14-9-18(15(2)26(14)11-17-5-3-4-6-19(17)23)20(27)12-31-22-25-24-21(30-22)10-16-7-8-32(28,29)13-16/h3-6,9,16H,7-8,10-13H2,1-2H3/t16-/m1/s1.